The first-order chi connectivity index (χ1) is 11.2. The molecule has 116 valence electrons. The van der Waals surface area contributed by atoms with E-state index in [4.69, 9.17) is 10.3 Å². The molecule has 0 aliphatic rings. The number of hydrogen-bond donors (Lipinski definition) is 2. The van der Waals surface area contributed by atoms with Gasteiger partial charge in [0, 0.05) is 5.56 Å². The number of hydrogen-bond acceptors (Lipinski definition) is 6. The fourth-order valence-corrected chi connectivity index (χ4v) is 2.14. The van der Waals surface area contributed by atoms with E-state index in [1.165, 1.54) is 6.07 Å². The summed E-state index contributed by atoms with van der Waals surface area (Å²) in [6.07, 6.45) is 0. The van der Waals surface area contributed by atoms with Crippen molar-refractivity contribution in [3.05, 3.63) is 48.0 Å². The zero-order chi connectivity index (χ0) is 16.8. The van der Waals surface area contributed by atoms with Crippen molar-refractivity contribution in [3.8, 4) is 34.4 Å². The van der Waals surface area contributed by atoms with Crippen LogP contribution in [-0.2, 0) is 0 Å². The van der Waals surface area contributed by atoms with Gasteiger partial charge in [-0.3, -0.25) is 0 Å². The summed E-state index contributed by atoms with van der Waals surface area (Å²) < 4.78 is 5.04. The number of nitrogen functional groups attached to an aromatic ring is 1. The molecule has 0 saturated heterocycles. The van der Waals surface area contributed by atoms with E-state index in [-0.39, 0.29) is 17.6 Å². The number of aromatic hydroxyl groups is 1. The van der Waals surface area contributed by atoms with Crippen LogP contribution in [0.5, 0.6) is 5.75 Å². The van der Waals surface area contributed by atoms with Crippen molar-refractivity contribution in [1.29, 1.82) is 5.26 Å². The zero-order valence-corrected chi connectivity index (χ0v) is 12.8. The molecule has 23 heavy (non-hydrogen) atoms. The van der Waals surface area contributed by atoms with Crippen LogP contribution in [0.4, 0.5) is 5.95 Å². The Bertz CT molecular complexity index is 836. The zero-order valence-electron chi connectivity index (χ0n) is 12.8. The van der Waals surface area contributed by atoms with Crippen molar-refractivity contribution in [1.82, 2.24) is 10.1 Å². The molecule has 0 unspecified atom stereocenters. The second-order valence-corrected chi connectivity index (χ2v) is 4.32. The number of rotatable bonds is 2. The monoisotopic (exact) mass is 308 g/mol. The summed E-state index contributed by atoms with van der Waals surface area (Å²) in [7, 11) is 0. The van der Waals surface area contributed by atoms with Crippen LogP contribution in [0.3, 0.4) is 0 Å². The second-order valence-electron chi connectivity index (χ2n) is 4.32. The standard InChI is InChI=1S/C15H10N4O2.C2H6/c16-8-10-6-7-11(20)13(14-18-15(17)19-21-14)12(10)9-4-2-1-3-5-9;1-2/h1-7,20H,(H2,17,19);1-2H3. The molecule has 1 heterocycles. The highest BCUT2D eigenvalue weighted by molar-refractivity contribution is 5.88. The Kier molecular flexibility index (Phi) is 4.95. The van der Waals surface area contributed by atoms with Gasteiger partial charge in [0.25, 0.3) is 11.8 Å². The average Bonchev–Trinajstić information content (AvgIpc) is 3.03. The molecule has 0 aliphatic carbocycles. The molecule has 0 atom stereocenters. The third kappa shape index (κ3) is 3.14. The molecular weight excluding hydrogens is 292 g/mol. The van der Waals surface area contributed by atoms with E-state index in [0.717, 1.165) is 5.56 Å². The van der Waals surface area contributed by atoms with Crippen molar-refractivity contribution in [3.63, 3.8) is 0 Å². The highest BCUT2D eigenvalue weighted by Crippen LogP contribution is 2.40. The van der Waals surface area contributed by atoms with E-state index < -0.39 is 0 Å². The van der Waals surface area contributed by atoms with Crippen LogP contribution < -0.4 is 5.73 Å². The molecule has 0 fully saturated rings. The number of nitrogens with zero attached hydrogens (tertiary/aromatic N) is 3. The van der Waals surface area contributed by atoms with Crippen molar-refractivity contribution >= 4 is 5.95 Å². The molecule has 1 aromatic heterocycles. The van der Waals surface area contributed by atoms with E-state index in [1.54, 1.807) is 6.07 Å². The lowest BCUT2D eigenvalue weighted by atomic mass is 9.94. The van der Waals surface area contributed by atoms with Crippen molar-refractivity contribution in [2.24, 2.45) is 0 Å². The van der Waals surface area contributed by atoms with Crippen molar-refractivity contribution < 1.29 is 9.63 Å². The minimum atomic E-state index is -0.0588. The minimum absolute atomic E-state index is 0.0363. The van der Waals surface area contributed by atoms with E-state index in [1.807, 2.05) is 44.2 Å². The summed E-state index contributed by atoms with van der Waals surface area (Å²) in [6.45, 7) is 4.00. The predicted molar refractivity (Wildman–Crippen MR) is 87.3 cm³/mol. The Labute approximate surface area is 133 Å². The molecule has 3 rings (SSSR count). The van der Waals surface area contributed by atoms with Gasteiger partial charge >= 0.3 is 0 Å². The molecule has 0 amide bonds. The van der Waals surface area contributed by atoms with Crippen LogP contribution in [0.15, 0.2) is 47.0 Å². The van der Waals surface area contributed by atoms with Crippen LogP contribution in [0.25, 0.3) is 22.6 Å². The molecule has 0 spiro atoms. The third-order valence-corrected chi connectivity index (χ3v) is 3.02. The molecule has 2 aromatic carbocycles. The summed E-state index contributed by atoms with van der Waals surface area (Å²) in [6, 6.07) is 14.3. The smallest absolute Gasteiger partial charge is 0.263 e. The number of nitrogens with two attached hydrogens (primary N) is 1. The van der Waals surface area contributed by atoms with Crippen molar-refractivity contribution in [2.75, 3.05) is 5.73 Å². The molecule has 6 heteroatoms. The first-order valence-electron chi connectivity index (χ1n) is 7.11. The molecule has 0 bridgehead atoms. The van der Waals surface area contributed by atoms with Gasteiger partial charge in [-0.15, -0.1) is 0 Å². The lowest BCUT2D eigenvalue weighted by Gasteiger charge is -2.10. The molecule has 0 radical (unpaired) electrons. The normalized spacial score (nSPS) is 9.61. The van der Waals surface area contributed by atoms with Crippen molar-refractivity contribution in [2.45, 2.75) is 13.8 Å². The lowest BCUT2D eigenvalue weighted by Crippen LogP contribution is -1.92. The van der Waals surface area contributed by atoms with E-state index >= 15 is 0 Å². The summed E-state index contributed by atoms with van der Waals surface area (Å²) >= 11 is 0. The number of anilines is 1. The molecule has 0 saturated carbocycles. The number of benzene rings is 2. The van der Waals surface area contributed by atoms with Gasteiger partial charge in [0.15, 0.2) is 0 Å². The van der Waals surface area contributed by atoms with Crippen LogP contribution in [0.1, 0.15) is 19.4 Å². The van der Waals surface area contributed by atoms with Crippen LogP contribution in [0, 0.1) is 11.3 Å². The van der Waals surface area contributed by atoms with Crippen LogP contribution >= 0.6 is 0 Å². The van der Waals surface area contributed by atoms with Gasteiger partial charge < -0.3 is 15.4 Å². The number of phenols is 1. The largest absolute Gasteiger partial charge is 0.507 e. The Hall–Kier alpha value is -3.33. The second kappa shape index (κ2) is 7.09. The van der Waals surface area contributed by atoms with Gasteiger partial charge in [-0.2, -0.15) is 10.2 Å². The first-order valence-corrected chi connectivity index (χ1v) is 7.11. The third-order valence-electron chi connectivity index (χ3n) is 3.02. The number of nitriles is 1. The van der Waals surface area contributed by atoms with Gasteiger partial charge in [-0.05, 0) is 22.9 Å². The maximum Gasteiger partial charge on any atom is 0.263 e. The van der Waals surface area contributed by atoms with Gasteiger partial charge in [0.2, 0.25) is 0 Å². The quantitative estimate of drug-likeness (QED) is 0.748. The SMILES string of the molecule is CC.N#Cc1ccc(O)c(-c2nc(N)no2)c1-c1ccccc1. The molecule has 3 aromatic rings. The molecule has 3 N–H and O–H groups in total. The molecular formula is C17H16N4O2. The summed E-state index contributed by atoms with van der Waals surface area (Å²) in [5.41, 5.74) is 7.44. The van der Waals surface area contributed by atoms with Gasteiger partial charge in [0.1, 0.15) is 5.75 Å². The topological polar surface area (TPSA) is 109 Å². The van der Waals surface area contributed by atoms with Crippen LogP contribution in [-0.4, -0.2) is 15.2 Å². The average molecular weight is 308 g/mol. The van der Waals surface area contributed by atoms with E-state index in [9.17, 15) is 10.4 Å². The molecule has 0 aliphatic heterocycles. The van der Waals surface area contributed by atoms with E-state index in [0.29, 0.717) is 16.7 Å². The Morgan fingerprint density at radius 2 is 1.78 bits per heavy atom. The van der Waals surface area contributed by atoms with Gasteiger partial charge in [-0.1, -0.05) is 44.2 Å². The number of phenolic OH excluding ortho intramolecular Hbond substituents is 1. The fourth-order valence-electron chi connectivity index (χ4n) is 2.14. The van der Waals surface area contributed by atoms with E-state index in [2.05, 4.69) is 16.2 Å². The summed E-state index contributed by atoms with van der Waals surface area (Å²) in [4.78, 5) is 3.93. The predicted octanol–water partition coefficient (Wildman–Crippen LogP) is 3.59. The summed E-state index contributed by atoms with van der Waals surface area (Å²) in [5, 5.41) is 23.0. The Morgan fingerprint density at radius 3 is 2.35 bits per heavy atom. The fraction of sp³-hybridized carbons (Fsp3) is 0.118. The lowest BCUT2D eigenvalue weighted by molar-refractivity contribution is 0.426. The van der Waals surface area contributed by atoms with Gasteiger partial charge in [-0.25, -0.2) is 0 Å². The first kappa shape index (κ1) is 16.0. The Morgan fingerprint density at radius 1 is 1.09 bits per heavy atom. The maximum absolute atomic E-state index is 10.2. The highest BCUT2D eigenvalue weighted by atomic mass is 16.5. The molecule has 6 nitrogen and oxygen atoms in total. The maximum atomic E-state index is 10.2. The summed E-state index contributed by atoms with van der Waals surface area (Å²) in [5.74, 6) is -0.0248. The minimum Gasteiger partial charge on any atom is -0.507 e. The number of aromatic nitrogens is 2. The Balaban J connectivity index is 0.000000924. The highest BCUT2D eigenvalue weighted by Gasteiger charge is 2.21. The van der Waals surface area contributed by atoms with Gasteiger partial charge in [0.05, 0.1) is 17.2 Å². The van der Waals surface area contributed by atoms with Crippen LogP contribution in [0.2, 0.25) is 0 Å².